The average molecular weight is 212 g/mol. The molecule has 0 rings (SSSR count). The third-order valence-electron chi connectivity index (χ3n) is 2.78. The van der Waals surface area contributed by atoms with Crippen molar-refractivity contribution in [2.45, 2.75) is 65.2 Å². The van der Waals surface area contributed by atoms with Crippen LogP contribution in [0.15, 0.2) is 0 Å². The summed E-state index contributed by atoms with van der Waals surface area (Å²) >= 11 is 0. The monoisotopic (exact) mass is 212 g/mol. The molecule has 0 aliphatic heterocycles. The highest BCUT2D eigenvalue weighted by Crippen LogP contribution is 2.03. The summed E-state index contributed by atoms with van der Waals surface area (Å²) in [4.78, 5) is 2.16. The molecular formula is C13H28N2. The molecule has 0 aliphatic rings. The first kappa shape index (κ1) is 14.5. The molecule has 0 radical (unpaired) electrons. The fraction of sp³-hybridized carbons (Fsp3) is 0.923. The molecular weight excluding hydrogens is 184 g/mol. The Kier molecular flexibility index (Phi) is 11.1. The van der Waals surface area contributed by atoms with Gasteiger partial charge in [-0.25, -0.2) is 0 Å². The highest BCUT2D eigenvalue weighted by Gasteiger charge is 1.98. The Hall–Kier alpha value is -0.530. The lowest BCUT2D eigenvalue weighted by Gasteiger charge is -2.18. The van der Waals surface area contributed by atoms with Crippen molar-refractivity contribution >= 4 is 6.34 Å². The molecule has 15 heavy (non-hydrogen) atoms. The van der Waals surface area contributed by atoms with Crippen molar-refractivity contribution in [2.75, 3.05) is 13.1 Å². The second kappa shape index (κ2) is 11.5. The van der Waals surface area contributed by atoms with Gasteiger partial charge < -0.3 is 4.90 Å². The van der Waals surface area contributed by atoms with Crippen LogP contribution >= 0.6 is 0 Å². The van der Waals surface area contributed by atoms with Crippen molar-refractivity contribution in [3.63, 3.8) is 0 Å². The third-order valence-corrected chi connectivity index (χ3v) is 2.78. The Morgan fingerprint density at radius 3 is 1.60 bits per heavy atom. The number of nitrogens with zero attached hydrogens (tertiary/aromatic N) is 1. The molecule has 0 unspecified atom stereocenters. The van der Waals surface area contributed by atoms with E-state index in [2.05, 4.69) is 18.7 Å². The molecule has 0 aliphatic carbocycles. The van der Waals surface area contributed by atoms with Gasteiger partial charge in [0.05, 0.1) is 6.34 Å². The van der Waals surface area contributed by atoms with E-state index in [1.807, 2.05) is 0 Å². The minimum Gasteiger partial charge on any atom is -0.363 e. The molecule has 0 aromatic carbocycles. The Labute approximate surface area is 95.6 Å². The molecule has 0 heterocycles. The van der Waals surface area contributed by atoms with Crippen molar-refractivity contribution in [1.29, 1.82) is 5.41 Å². The Morgan fingerprint density at radius 2 is 1.27 bits per heavy atom. The van der Waals surface area contributed by atoms with Gasteiger partial charge in [-0.1, -0.05) is 52.4 Å². The first-order chi connectivity index (χ1) is 7.35. The minimum absolute atomic E-state index is 1.08. The summed E-state index contributed by atoms with van der Waals surface area (Å²) in [6.07, 6.45) is 11.9. The van der Waals surface area contributed by atoms with E-state index in [1.165, 1.54) is 57.7 Å². The number of rotatable bonds is 11. The fourth-order valence-electron chi connectivity index (χ4n) is 1.72. The smallest absolute Gasteiger partial charge is 0.0817 e. The first-order valence-corrected chi connectivity index (χ1v) is 6.59. The van der Waals surface area contributed by atoms with Crippen LogP contribution in [0.1, 0.15) is 65.2 Å². The van der Waals surface area contributed by atoms with Crippen LogP contribution < -0.4 is 0 Å². The van der Waals surface area contributed by atoms with Gasteiger partial charge in [-0.3, -0.25) is 5.41 Å². The van der Waals surface area contributed by atoms with Crippen LogP contribution in [0.4, 0.5) is 0 Å². The molecule has 1 N–H and O–H groups in total. The molecule has 0 aromatic rings. The van der Waals surface area contributed by atoms with Crippen LogP contribution in [-0.4, -0.2) is 24.3 Å². The van der Waals surface area contributed by atoms with Gasteiger partial charge in [0.25, 0.3) is 0 Å². The molecule has 0 aromatic heterocycles. The van der Waals surface area contributed by atoms with E-state index in [1.54, 1.807) is 0 Å². The normalized spacial score (nSPS) is 10.3. The van der Waals surface area contributed by atoms with Crippen molar-refractivity contribution in [3.8, 4) is 0 Å². The van der Waals surface area contributed by atoms with Gasteiger partial charge in [0, 0.05) is 13.1 Å². The molecule has 2 heteroatoms. The maximum absolute atomic E-state index is 7.32. The van der Waals surface area contributed by atoms with Crippen LogP contribution in [0.25, 0.3) is 0 Å². The van der Waals surface area contributed by atoms with E-state index in [0.29, 0.717) is 0 Å². The molecule has 0 atom stereocenters. The van der Waals surface area contributed by atoms with E-state index in [4.69, 9.17) is 5.41 Å². The van der Waals surface area contributed by atoms with Crippen molar-refractivity contribution in [1.82, 2.24) is 4.90 Å². The van der Waals surface area contributed by atoms with Crippen LogP contribution in [0, 0.1) is 5.41 Å². The Bertz CT molecular complexity index is 122. The first-order valence-electron chi connectivity index (χ1n) is 6.59. The molecule has 0 saturated heterocycles. The molecule has 0 bridgehead atoms. The van der Waals surface area contributed by atoms with Gasteiger partial charge >= 0.3 is 0 Å². The van der Waals surface area contributed by atoms with Gasteiger partial charge in [0.1, 0.15) is 0 Å². The highest BCUT2D eigenvalue weighted by atomic mass is 15.1. The molecule has 2 nitrogen and oxygen atoms in total. The number of hydrogen-bond acceptors (Lipinski definition) is 1. The maximum atomic E-state index is 7.32. The SMILES string of the molecule is CCCCCCN(C=N)CCCCCC. The van der Waals surface area contributed by atoms with E-state index >= 15 is 0 Å². The van der Waals surface area contributed by atoms with Gasteiger partial charge in [-0.15, -0.1) is 0 Å². The third kappa shape index (κ3) is 9.77. The Morgan fingerprint density at radius 1 is 0.800 bits per heavy atom. The lowest BCUT2D eigenvalue weighted by molar-refractivity contribution is 0.395. The lowest BCUT2D eigenvalue weighted by atomic mass is 10.2. The number of hydrogen-bond donors (Lipinski definition) is 1. The summed E-state index contributed by atoms with van der Waals surface area (Å²) < 4.78 is 0. The van der Waals surface area contributed by atoms with Gasteiger partial charge in [-0.2, -0.15) is 0 Å². The summed E-state index contributed by atoms with van der Waals surface area (Å²) in [6, 6.07) is 0. The molecule has 90 valence electrons. The Balaban J connectivity index is 3.34. The largest absolute Gasteiger partial charge is 0.363 e. The van der Waals surface area contributed by atoms with E-state index in [0.717, 1.165) is 13.1 Å². The van der Waals surface area contributed by atoms with E-state index < -0.39 is 0 Å². The van der Waals surface area contributed by atoms with Crippen molar-refractivity contribution in [2.24, 2.45) is 0 Å². The average Bonchev–Trinajstić information content (AvgIpc) is 2.27. The van der Waals surface area contributed by atoms with Gasteiger partial charge in [0.15, 0.2) is 0 Å². The zero-order chi connectivity index (χ0) is 11.4. The molecule has 0 fully saturated rings. The zero-order valence-corrected chi connectivity index (χ0v) is 10.6. The predicted molar refractivity (Wildman–Crippen MR) is 68.6 cm³/mol. The number of unbranched alkanes of at least 4 members (excludes halogenated alkanes) is 6. The molecule has 0 spiro atoms. The summed E-state index contributed by atoms with van der Waals surface area (Å²) in [7, 11) is 0. The molecule has 0 amide bonds. The quantitative estimate of drug-likeness (QED) is 0.312. The predicted octanol–water partition coefficient (Wildman–Crippen LogP) is 4.06. The van der Waals surface area contributed by atoms with Crippen LogP contribution in [0.2, 0.25) is 0 Å². The van der Waals surface area contributed by atoms with Gasteiger partial charge in [0.2, 0.25) is 0 Å². The van der Waals surface area contributed by atoms with Gasteiger partial charge in [-0.05, 0) is 12.8 Å². The van der Waals surface area contributed by atoms with E-state index in [-0.39, 0.29) is 0 Å². The van der Waals surface area contributed by atoms with Crippen molar-refractivity contribution < 1.29 is 0 Å². The minimum atomic E-state index is 1.08. The lowest BCUT2D eigenvalue weighted by Crippen LogP contribution is -2.24. The van der Waals surface area contributed by atoms with Crippen molar-refractivity contribution in [3.05, 3.63) is 0 Å². The summed E-state index contributed by atoms with van der Waals surface area (Å²) in [6.45, 7) is 6.63. The molecule has 0 saturated carbocycles. The highest BCUT2D eigenvalue weighted by molar-refractivity contribution is 5.50. The second-order valence-electron chi connectivity index (χ2n) is 4.29. The van der Waals surface area contributed by atoms with Crippen LogP contribution in [0.3, 0.4) is 0 Å². The summed E-state index contributed by atoms with van der Waals surface area (Å²) in [5, 5.41) is 7.32. The second-order valence-corrected chi connectivity index (χ2v) is 4.29. The zero-order valence-electron chi connectivity index (χ0n) is 10.6. The summed E-state index contributed by atoms with van der Waals surface area (Å²) in [5.74, 6) is 0. The van der Waals surface area contributed by atoms with E-state index in [9.17, 15) is 0 Å². The maximum Gasteiger partial charge on any atom is 0.0817 e. The van der Waals surface area contributed by atoms with Crippen LogP contribution in [-0.2, 0) is 0 Å². The topological polar surface area (TPSA) is 27.1 Å². The van der Waals surface area contributed by atoms with Crippen LogP contribution in [0.5, 0.6) is 0 Å². The standard InChI is InChI=1S/C13H28N2/c1-3-5-7-9-11-15(13-14)12-10-8-6-4-2/h13-14H,3-12H2,1-2H3. The summed E-state index contributed by atoms with van der Waals surface area (Å²) in [5.41, 5.74) is 0. The fourth-order valence-corrected chi connectivity index (χ4v) is 1.72. The number of nitrogens with one attached hydrogen (secondary N) is 1.